The predicted molar refractivity (Wildman–Crippen MR) is 111 cm³/mol. The second kappa shape index (κ2) is 9.13. The van der Waals surface area contributed by atoms with Crippen LogP contribution in [0.25, 0.3) is 0 Å². The van der Waals surface area contributed by atoms with Gasteiger partial charge in [-0.25, -0.2) is 0 Å². The van der Waals surface area contributed by atoms with E-state index in [1.165, 1.54) is 39.5 Å². The van der Waals surface area contributed by atoms with E-state index in [2.05, 4.69) is 5.10 Å². The molecular weight excluding hydrogens is 521 g/mol. The fraction of sp³-hybridized carbons (Fsp3) is 0.188. The second-order valence-corrected chi connectivity index (χ2v) is 8.10. The number of sulfonamides is 1. The Morgan fingerprint density at radius 1 is 1.17 bits per heavy atom. The van der Waals surface area contributed by atoms with Gasteiger partial charge in [0.25, 0.3) is 15.7 Å². The molecule has 0 bridgehead atoms. The molecule has 0 saturated heterocycles. The first kappa shape index (κ1) is 22.5. The van der Waals surface area contributed by atoms with E-state index in [1.807, 2.05) is 4.83 Å². The Kier molecular flexibility index (Phi) is 7.07. The molecule has 0 saturated carbocycles. The number of hydrogen-bond acceptors (Lipinski definition) is 9. The number of non-ortho nitro benzene ring substituents is 1. The number of benzene rings is 2. The highest BCUT2D eigenvalue weighted by molar-refractivity contribution is 14.1. The van der Waals surface area contributed by atoms with Crippen molar-refractivity contribution in [2.75, 3.05) is 21.3 Å². The summed E-state index contributed by atoms with van der Waals surface area (Å²) in [5.74, 6) is -0.0271. The molecule has 0 aromatic heterocycles. The van der Waals surface area contributed by atoms with Crippen LogP contribution < -0.4 is 19.0 Å². The van der Waals surface area contributed by atoms with Gasteiger partial charge in [-0.05, 0) is 34.7 Å². The fourth-order valence-electron chi connectivity index (χ4n) is 2.31. The van der Waals surface area contributed by atoms with Crippen LogP contribution in [0, 0.1) is 13.7 Å². The third-order valence-electron chi connectivity index (χ3n) is 3.62. The summed E-state index contributed by atoms with van der Waals surface area (Å²) in [5.41, 5.74) is -0.316. The van der Waals surface area contributed by atoms with Gasteiger partial charge < -0.3 is 19.3 Å². The highest BCUT2D eigenvalue weighted by Crippen LogP contribution is 2.41. The van der Waals surface area contributed by atoms with Crippen LogP contribution in [0.2, 0.25) is 0 Å². The Morgan fingerprint density at radius 3 is 2.38 bits per heavy atom. The molecule has 0 heterocycles. The summed E-state index contributed by atoms with van der Waals surface area (Å²) in [5, 5.41) is 24.5. The number of nitrogens with zero attached hydrogens (tertiary/aromatic N) is 2. The average Bonchev–Trinajstić information content (AvgIpc) is 2.69. The quantitative estimate of drug-likeness (QED) is 0.225. The van der Waals surface area contributed by atoms with Gasteiger partial charge in [-0.15, -0.1) is 0 Å². The number of ether oxygens (including phenoxy) is 3. The zero-order valence-corrected chi connectivity index (χ0v) is 18.3. The lowest BCUT2D eigenvalue weighted by Gasteiger charge is -2.15. The number of halogens is 1. The Balaban J connectivity index is 2.40. The van der Waals surface area contributed by atoms with Gasteiger partial charge in [0.2, 0.25) is 5.75 Å². The maximum absolute atomic E-state index is 12.6. The summed E-state index contributed by atoms with van der Waals surface area (Å²) in [7, 11) is -0.221. The van der Waals surface area contributed by atoms with E-state index >= 15 is 0 Å². The van der Waals surface area contributed by atoms with Gasteiger partial charge >= 0.3 is 0 Å². The number of nitrogens with one attached hydrogen (secondary N) is 1. The van der Waals surface area contributed by atoms with Gasteiger partial charge in [0.15, 0.2) is 11.5 Å². The molecule has 0 aliphatic carbocycles. The van der Waals surface area contributed by atoms with Crippen LogP contribution >= 0.6 is 22.6 Å². The molecule has 2 N–H and O–H groups in total. The van der Waals surface area contributed by atoms with E-state index in [1.54, 1.807) is 22.6 Å². The minimum atomic E-state index is -4.21. The maximum atomic E-state index is 12.6. The van der Waals surface area contributed by atoms with Crippen LogP contribution in [-0.4, -0.2) is 46.0 Å². The van der Waals surface area contributed by atoms with Gasteiger partial charge in [-0.1, -0.05) is 0 Å². The summed E-state index contributed by atoms with van der Waals surface area (Å²) in [6.45, 7) is 0. The van der Waals surface area contributed by atoms with Gasteiger partial charge in [-0.2, -0.15) is 18.4 Å². The smallest absolute Gasteiger partial charge is 0.280 e. The molecule has 0 aliphatic rings. The monoisotopic (exact) mass is 537 g/mol. The van der Waals surface area contributed by atoms with E-state index in [4.69, 9.17) is 14.2 Å². The number of hydrogen-bond donors (Lipinski definition) is 2. The molecule has 0 amide bonds. The van der Waals surface area contributed by atoms with E-state index in [0.717, 1.165) is 12.3 Å². The lowest BCUT2D eigenvalue weighted by atomic mass is 10.2. The normalized spacial score (nSPS) is 11.3. The molecule has 0 radical (unpaired) electrons. The first-order valence-corrected chi connectivity index (χ1v) is 10.2. The van der Waals surface area contributed by atoms with Gasteiger partial charge in [0.1, 0.15) is 10.6 Å². The molecule has 0 fully saturated rings. The molecule has 13 heteroatoms. The van der Waals surface area contributed by atoms with Gasteiger partial charge in [0, 0.05) is 17.7 Å². The minimum absolute atomic E-state index is 0.0365. The molecule has 2 aromatic rings. The largest absolute Gasteiger partial charge is 0.506 e. The second-order valence-electron chi connectivity index (χ2n) is 5.31. The van der Waals surface area contributed by atoms with Crippen LogP contribution in [0.3, 0.4) is 0 Å². The number of rotatable bonds is 8. The van der Waals surface area contributed by atoms with Gasteiger partial charge in [-0.3, -0.25) is 10.1 Å². The topological polar surface area (TPSA) is 150 Å². The van der Waals surface area contributed by atoms with Crippen LogP contribution in [-0.2, 0) is 10.0 Å². The zero-order valence-electron chi connectivity index (χ0n) is 15.4. The summed E-state index contributed by atoms with van der Waals surface area (Å²) in [6, 6.07) is 4.86. The summed E-state index contributed by atoms with van der Waals surface area (Å²) >= 11 is 1.71. The van der Waals surface area contributed by atoms with Crippen molar-refractivity contribution in [3.63, 3.8) is 0 Å². The van der Waals surface area contributed by atoms with Crippen LogP contribution in [0.4, 0.5) is 5.69 Å². The van der Waals surface area contributed by atoms with Crippen molar-refractivity contribution in [3.8, 4) is 23.0 Å². The number of hydrazone groups is 1. The van der Waals surface area contributed by atoms with E-state index in [0.29, 0.717) is 0 Å². The van der Waals surface area contributed by atoms with Crippen LogP contribution in [0.5, 0.6) is 23.0 Å². The first-order valence-electron chi connectivity index (χ1n) is 7.67. The predicted octanol–water partition coefficient (Wildman–Crippen LogP) is 2.24. The molecular formula is C16H16IN3O8S. The van der Waals surface area contributed by atoms with E-state index in [-0.39, 0.29) is 42.7 Å². The Hall–Kier alpha value is -2.81. The van der Waals surface area contributed by atoms with Crippen LogP contribution in [0.1, 0.15) is 5.56 Å². The molecule has 2 rings (SSSR count). The molecule has 29 heavy (non-hydrogen) atoms. The van der Waals surface area contributed by atoms with Gasteiger partial charge in [0.05, 0.1) is 36.0 Å². The third-order valence-corrected chi connectivity index (χ3v) is 5.69. The Labute approximate surface area is 179 Å². The van der Waals surface area contributed by atoms with Crippen molar-refractivity contribution >= 4 is 44.5 Å². The molecule has 0 aliphatic heterocycles. The highest BCUT2D eigenvalue weighted by atomic mass is 127. The minimum Gasteiger partial charge on any atom is -0.506 e. The lowest BCUT2D eigenvalue weighted by Crippen LogP contribution is -2.19. The fourth-order valence-corrected chi connectivity index (χ4v) is 3.90. The molecule has 11 nitrogen and oxygen atoms in total. The summed E-state index contributed by atoms with van der Waals surface area (Å²) in [6.07, 6.45) is 0.954. The molecule has 0 unspecified atom stereocenters. The number of phenols is 1. The number of phenolic OH excluding ortho intramolecular Hbond substituents is 1. The molecule has 0 spiro atoms. The van der Waals surface area contributed by atoms with Crippen molar-refractivity contribution in [3.05, 3.63) is 43.5 Å². The number of nitro benzene ring substituents is 1. The van der Waals surface area contributed by atoms with Crippen LogP contribution in [0.15, 0.2) is 34.3 Å². The number of nitro groups is 1. The number of aromatic hydroxyl groups is 1. The molecule has 156 valence electrons. The van der Waals surface area contributed by atoms with Crippen molar-refractivity contribution in [1.29, 1.82) is 0 Å². The zero-order chi connectivity index (χ0) is 21.8. The SMILES string of the molecule is COc1ccc(S(=O)(=O)NN=Cc2cc([N+](=O)[O-])cc(I)c2O)c(OC)c1OC. The summed E-state index contributed by atoms with van der Waals surface area (Å²) in [4.78, 5) is 12.0. The summed E-state index contributed by atoms with van der Waals surface area (Å²) < 4.78 is 40.9. The average molecular weight is 537 g/mol. The molecule has 0 atom stereocenters. The van der Waals surface area contributed by atoms with Crippen molar-refractivity contribution in [2.24, 2.45) is 5.10 Å². The highest BCUT2D eigenvalue weighted by Gasteiger charge is 2.25. The third kappa shape index (κ3) is 4.79. The van der Waals surface area contributed by atoms with E-state index < -0.39 is 14.9 Å². The first-order chi connectivity index (χ1) is 13.7. The standard InChI is InChI=1S/C16H16IN3O8S/c1-26-12-4-5-13(16(28-3)15(12)27-2)29(24,25)19-18-8-9-6-10(20(22)23)7-11(17)14(9)21/h4-8,19,21H,1-3H3. The van der Waals surface area contributed by atoms with Crippen molar-refractivity contribution < 1.29 is 32.7 Å². The van der Waals surface area contributed by atoms with E-state index in [9.17, 15) is 23.6 Å². The van der Waals surface area contributed by atoms with Crippen molar-refractivity contribution in [1.82, 2.24) is 4.83 Å². The maximum Gasteiger partial charge on any atom is 0.280 e. The molecule has 2 aromatic carbocycles. The van der Waals surface area contributed by atoms with Crippen molar-refractivity contribution in [2.45, 2.75) is 4.90 Å². The lowest BCUT2D eigenvalue weighted by molar-refractivity contribution is -0.385. The Morgan fingerprint density at radius 2 is 1.83 bits per heavy atom. The Bertz CT molecular complexity index is 1070. The number of methoxy groups -OCH3 is 3.